The van der Waals surface area contributed by atoms with Gasteiger partial charge in [0.25, 0.3) is 5.91 Å². The van der Waals surface area contributed by atoms with Crippen LogP contribution in [0, 0.1) is 13.8 Å². The Morgan fingerprint density at radius 2 is 1.87 bits per heavy atom. The predicted molar refractivity (Wildman–Crippen MR) is 86.6 cm³/mol. The standard InChI is InChI=1S/C18H21NO4/c1-4-18(17(21)22,14-8-6-5-7-9-14)11-19-16(20)15-10-12(2)23-13(15)3/h5-10H,4,11H2,1-3H3,(H,19,20)(H,21,22). The summed E-state index contributed by atoms with van der Waals surface area (Å²) in [5.74, 6) is -0.103. The van der Waals surface area contributed by atoms with E-state index in [4.69, 9.17) is 4.42 Å². The zero-order valence-corrected chi connectivity index (χ0v) is 13.6. The molecule has 0 saturated heterocycles. The van der Waals surface area contributed by atoms with Crippen LogP contribution in [0.1, 0.15) is 40.8 Å². The summed E-state index contributed by atoms with van der Waals surface area (Å²) in [6.07, 6.45) is 0.371. The third-order valence-corrected chi connectivity index (χ3v) is 4.18. The van der Waals surface area contributed by atoms with Crippen LogP contribution in [0.25, 0.3) is 0 Å². The molecule has 0 aliphatic rings. The molecule has 0 aliphatic heterocycles. The largest absolute Gasteiger partial charge is 0.481 e. The van der Waals surface area contributed by atoms with Crippen molar-refractivity contribution in [3.63, 3.8) is 0 Å². The molecule has 0 spiro atoms. The Labute approximate surface area is 135 Å². The molecular weight excluding hydrogens is 294 g/mol. The number of carboxylic acids is 1. The lowest BCUT2D eigenvalue weighted by atomic mass is 9.78. The van der Waals surface area contributed by atoms with E-state index in [0.717, 1.165) is 0 Å². The van der Waals surface area contributed by atoms with E-state index in [1.165, 1.54) is 0 Å². The maximum Gasteiger partial charge on any atom is 0.315 e. The number of furan rings is 1. The molecule has 1 unspecified atom stereocenters. The van der Waals surface area contributed by atoms with Crippen LogP contribution < -0.4 is 5.32 Å². The number of aliphatic carboxylic acids is 1. The number of carboxylic acid groups (broad SMARTS) is 1. The van der Waals surface area contributed by atoms with Crippen LogP contribution in [0.15, 0.2) is 40.8 Å². The van der Waals surface area contributed by atoms with Crippen LogP contribution in [0.3, 0.4) is 0 Å². The first-order valence-electron chi connectivity index (χ1n) is 7.55. The summed E-state index contributed by atoms with van der Waals surface area (Å²) in [5.41, 5.74) is -0.0368. The molecule has 1 aromatic heterocycles. The van der Waals surface area contributed by atoms with Gasteiger partial charge in [0.15, 0.2) is 0 Å². The van der Waals surface area contributed by atoms with Crippen LogP contribution in [-0.4, -0.2) is 23.5 Å². The van der Waals surface area contributed by atoms with Crippen LogP contribution in [0.4, 0.5) is 0 Å². The van der Waals surface area contributed by atoms with Gasteiger partial charge in [0.05, 0.1) is 5.56 Å². The molecule has 0 radical (unpaired) electrons. The Hall–Kier alpha value is -2.56. The maximum absolute atomic E-state index is 12.3. The summed E-state index contributed by atoms with van der Waals surface area (Å²) in [4.78, 5) is 24.2. The minimum Gasteiger partial charge on any atom is -0.481 e. The van der Waals surface area contributed by atoms with Crippen LogP contribution in [0.2, 0.25) is 0 Å². The van der Waals surface area contributed by atoms with Crippen LogP contribution in [0.5, 0.6) is 0 Å². The second-order valence-electron chi connectivity index (χ2n) is 5.62. The van der Waals surface area contributed by atoms with Crippen molar-refractivity contribution in [2.45, 2.75) is 32.6 Å². The molecule has 122 valence electrons. The molecule has 1 amide bonds. The zero-order chi connectivity index (χ0) is 17.0. The van der Waals surface area contributed by atoms with Gasteiger partial charge in [0.1, 0.15) is 16.9 Å². The highest BCUT2D eigenvalue weighted by Crippen LogP contribution is 2.28. The number of nitrogens with one attached hydrogen (secondary N) is 1. The number of aryl methyl sites for hydroxylation is 2. The fourth-order valence-corrected chi connectivity index (χ4v) is 2.72. The first-order chi connectivity index (χ1) is 10.9. The number of hydrogen-bond acceptors (Lipinski definition) is 3. The smallest absolute Gasteiger partial charge is 0.315 e. The summed E-state index contributed by atoms with van der Waals surface area (Å²) in [6.45, 7) is 5.30. The number of carbonyl (C=O) groups excluding carboxylic acids is 1. The molecule has 1 heterocycles. The van der Waals surface area contributed by atoms with Crippen molar-refractivity contribution >= 4 is 11.9 Å². The highest BCUT2D eigenvalue weighted by molar-refractivity contribution is 5.96. The van der Waals surface area contributed by atoms with Gasteiger partial charge >= 0.3 is 5.97 Å². The Morgan fingerprint density at radius 3 is 2.35 bits per heavy atom. The fraction of sp³-hybridized carbons (Fsp3) is 0.333. The first-order valence-corrected chi connectivity index (χ1v) is 7.55. The van der Waals surface area contributed by atoms with E-state index in [1.54, 1.807) is 51.1 Å². The molecule has 1 aromatic carbocycles. The Balaban J connectivity index is 2.24. The van der Waals surface area contributed by atoms with E-state index in [1.807, 2.05) is 6.07 Å². The summed E-state index contributed by atoms with van der Waals surface area (Å²) in [7, 11) is 0. The molecule has 5 heteroatoms. The number of hydrogen-bond donors (Lipinski definition) is 2. The molecule has 1 atom stereocenters. The number of amides is 1. The van der Waals surface area contributed by atoms with E-state index in [2.05, 4.69) is 5.32 Å². The zero-order valence-electron chi connectivity index (χ0n) is 13.6. The SMILES string of the molecule is CCC(CNC(=O)c1cc(C)oc1C)(C(=O)O)c1ccccc1. The van der Waals surface area contributed by atoms with E-state index in [-0.39, 0.29) is 12.5 Å². The lowest BCUT2D eigenvalue weighted by Crippen LogP contribution is -2.46. The van der Waals surface area contributed by atoms with Gasteiger partial charge in [-0.2, -0.15) is 0 Å². The summed E-state index contributed by atoms with van der Waals surface area (Å²) in [5, 5.41) is 12.5. The quantitative estimate of drug-likeness (QED) is 0.858. The van der Waals surface area contributed by atoms with E-state index >= 15 is 0 Å². The first kappa shape index (κ1) is 16.8. The van der Waals surface area contributed by atoms with Gasteiger partial charge in [0.2, 0.25) is 0 Å². The van der Waals surface area contributed by atoms with Crippen molar-refractivity contribution in [3.05, 3.63) is 59.0 Å². The average molecular weight is 315 g/mol. The second-order valence-corrected chi connectivity index (χ2v) is 5.62. The van der Waals surface area contributed by atoms with Crippen molar-refractivity contribution in [2.24, 2.45) is 0 Å². The molecule has 0 saturated carbocycles. The van der Waals surface area contributed by atoms with Crippen molar-refractivity contribution in [3.8, 4) is 0 Å². The highest BCUT2D eigenvalue weighted by Gasteiger charge is 2.39. The highest BCUT2D eigenvalue weighted by atomic mass is 16.4. The fourth-order valence-electron chi connectivity index (χ4n) is 2.72. The Morgan fingerprint density at radius 1 is 1.22 bits per heavy atom. The number of carbonyl (C=O) groups is 2. The van der Waals surface area contributed by atoms with Crippen molar-refractivity contribution < 1.29 is 19.1 Å². The normalized spacial score (nSPS) is 13.3. The maximum atomic E-state index is 12.3. The summed E-state index contributed by atoms with van der Waals surface area (Å²) >= 11 is 0. The van der Waals surface area contributed by atoms with Crippen molar-refractivity contribution in [1.82, 2.24) is 5.32 Å². The van der Waals surface area contributed by atoms with E-state index in [0.29, 0.717) is 29.1 Å². The molecular formula is C18H21NO4. The van der Waals surface area contributed by atoms with Gasteiger partial charge in [-0.05, 0) is 31.9 Å². The summed E-state index contributed by atoms with van der Waals surface area (Å²) in [6, 6.07) is 10.6. The monoisotopic (exact) mass is 315 g/mol. The average Bonchev–Trinajstić information content (AvgIpc) is 2.87. The number of rotatable bonds is 6. The molecule has 5 nitrogen and oxygen atoms in total. The van der Waals surface area contributed by atoms with E-state index in [9.17, 15) is 14.7 Å². The molecule has 2 N–H and O–H groups in total. The summed E-state index contributed by atoms with van der Waals surface area (Å²) < 4.78 is 5.35. The molecule has 23 heavy (non-hydrogen) atoms. The molecule has 2 rings (SSSR count). The van der Waals surface area contributed by atoms with Gasteiger partial charge in [-0.3, -0.25) is 9.59 Å². The minimum atomic E-state index is -1.15. The topological polar surface area (TPSA) is 79.5 Å². The molecule has 0 fully saturated rings. The van der Waals surface area contributed by atoms with Crippen LogP contribution >= 0.6 is 0 Å². The minimum absolute atomic E-state index is 0.0192. The number of benzene rings is 1. The van der Waals surface area contributed by atoms with E-state index < -0.39 is 11.4 Å². The van der Waals surface area contributed by atoms with Gasteiger partial charge in [-0.25, -0.2) is 0 Å². The lowest BCUT2D eigenvalue weighted by Gasteiger charge is -2.29. The Bertz CT molecular complexity index is 705. The molecule has 0 aliphatic carbocycles. The predicted octanol–water partition coefficient (Wildman–Crippen LogP) is 3.06. The van der Waals surface area contributed by atoms with Gasteiger partial charge in [-0.1, -0.05) is 37.3 Å². The van der Waals surface area contributed by atoms with Gasteiger partial charge in [0, 0.05) is 6.54 Å². The lowest BCUT2D eigenvalue weighted by molar-refractivity contribution is -0.143. The van der Waals surface area contributed by atoms with Crippen LogP contribution in [-0.2, 0) is 10.2 Å². The molecule has 2 aromatic rings. The van der Waals surface area contributed by atoms with Gasteiger partial charge in [-0.15, -0.1) is 0 Å². The second kappa shape index (κ2) is 6.69. The van der Waals surface area contributed by atoms with Crippen molar-refractivity contribution in [2.75, 3.05) is 6.54 Å². The third kappa shape index (κ3) is 3.28. The van der Waals surface area contributed by atoms with Crippen molar-refractivity contribution in [1.29, 1.82) is 0 Å². The Kier molecular flexibility index (Phi) is 4.89. The third-order valence-electron chi connectivity index (χ3n) is 4.18. The molecule has 0 bridgehead atoms. The van der Waals surface area contributed by atoms with Gasteiger partial charge < -0.3 is 14.8 Å².